The quantitative estimate of drug-likeness (QED) is 0.340. The monoisotopic (exact) mass is 253 g/mol. The number of methoxy groups -OCH3 is 1. The predicted molar refractivity (Wildman–Crippen MR) is 60.6 cm³/mol. The summed E-state index contributed by atoms with van der Waals surface area (Å²) >= 11 is 0. The Morgan fingerprint density at radius 1 is 1.50 bits per heavy atom. The number of carbonyl (C=O) groups is 2. The maximum atomic E-state index is 11.1. The molecule has 0 radical (unpaired) electrons. The first-order valence-electron chi connectivity index (χ1n) is 4.97. The maximum absolute atomic E-state index is 11.1. The van der Waals surface area contributed by atoms with Gasteiger partial charge in [0.1, 0.15) is 5.75 Å². The third-order valence-corrected chi connectivity index (χ3v) is 2.17. The number of nitrogens with zero attached hydrogens (tertiary/aromatic N) is 1. The molecule has 0 bridgehead atoms. The molecule has 0 aromatic heterocycles. The lowest BCUT2D eigenvalue weighted by molar-refractivity contribution is -0.384. The van der Waals surface area contributed by atoms with Crippen LogP contribution in [0.1, 0.15) is 17.3 Å². The Balaban J connectivity index is 2.99. The van der Waals surface area contributed by atoms with Gasteiger partial charge in [-0.25, -0.2) is 4.79 Å². The molecule has 0 aliphatic heterocycles. The van der Waals surface area contributed by atoms with Gasteiger partial charge < -0.3 is 9.47 Å². The molecule has 0 heterocycles. The number of nitro benzene ring substituents is 1. The number of non-ortho nitro benzene ring substituents is 1. The van der Waals surface area contributed by atoms with Crippen molar-refractivity contribution in [2.75, 3.05) is 7.11 Å². The van der Waals surface area contributed by atoms with E-state index in [1.807, 2.05) is 0 Å². The summed E-state index contributed by atoms with van der Waals surface area (Å²) in [6.07, 6.45) is -0.484. The van der Waals surface area contributed by atoms with Crippen LogP contribution in [0.2, 0.25) is 0 Å². The molecule has 96 valence electrons. The van der Waals surface area contributed by atoms with E-state index in [1.165, 1.54) is 26.2 Å². The van der Waals surface area contributed by atoms with Crippen LogP contribution >= 0.6 is 0 Å². The molecule has 1 rings (SSSR count). The highest BCUT2D eigenvalue weighted by molar-refractivity contribution is 5.81. The number of rotatable bonds is 5. The van der Waals surface area contributed by atoms with E-state index in [1.54, 1.807) is 0 Å². The molecule has 0 amide bonds. The van der Waals surface area contributed by atoms with Crippen molar-refractivity contribution in [1.29, 1.82) is 0 Å². The summed E-state index contributed by atoms with van der Waals surface area (Å²) in [4.78, 5) is 31.9. The fourth-order valence-electron chi connectivity index (χ4n) is 1.25. The van der Waals surface area contributed by atoms with E-state index in [0.717, 1.165) is 6.07 Å². The summed E-state index contributed by atoms with van der Waals surface area (Å²) in [6.45, 7) is 1.45. The lowest BCUT2D eigenvalue weighted by Gasteiger charge is -2.13. The van der Waals surface area contributed by atoms with E-state index in [2.05, 4.69) is 4.74 Å². The van der Waals surface area contributed by atoms with Crippen molar-refractivity contribution in [2.24, 2.45) is 0 Å². The van der Waals surface area contributed by atoms with E-state index in [9.17, 15) is 19.7 Å². The Hall–Kier alpha value is -2.44. The molecule has 1 atom stereocenters. The molecular weight excluding hydrogens is 242 g/mol. The fraction of sp³-hybridized carbons (Fsp3) is 0.273. The van der Waals surface area contributed by atoms with Crippen LogP contribution in [0.5, 0.6) is 5.75 Å². The highest BCUT2D eigenvalue weighted by atomic mass is 16.6. The standard InChI is InChI=1S/C11H11NO6/c1-7(11(14)17-2)18-10-4-3-9(12(15)16)5-8(10)6-13/h3-7H,1-2H3. The molecule has 0 saturated carbocycles. The molecule has 0 fully saturated rings. The second kappa shape index (κ2) is 5.76. The Morgan fingerprint density at radius 3 is 2.67 bits per heavy atom. The molecule has 0 aliphatic rings. The summed E-state index contributed by atoms with van der Waals surface area (Å²) in [7, 11) is 1.21. The predicted octanol–water partition coefficient (Wildman–Crippen LogP) is 1.35. The highest BCUT2D eigenvalue weighted by Crippen LogP contribution is 2.23. The minimum atomic E-state index is -0.907. The Kier molecular flexibility index (Phi) is 4.36. The summed E-state index contributed by atoms with van der Waals surface area (Å²) in [5, 5.41) is 10.5. The van der Waals surface area contributed by atoms with Crippen LogP contribution in [-0.2, 0) is 9.53 Å². The summed E-state index contributed by atoms with van der Waals surface area (Å²) in [5.41, 5.74) is -0.227. The van der Waals surface area contributed by atoms with Gasteiger partial charge in [0.25, 0.3) is 5.69 Å². The number of benzene rings is 1. The van der Waals surface area contributed by atoms with Crippen molar-refractivity contribution in [3.8, 4) is 5.75 Å². The zero-order valence-corrected chi connectivity index (χ0v) is 9.78. The van der Waals surface area contributed by atoms with E-state index in [0.29, 0.717) is 6.29 Å². The SMILES string of the molecule is COC(=O)C(C)Oc1ccc([N+](=O)[O-])cc1C=O. The number of carbonyl (C=O) groups excluding carboxylic acids is 2. The van der Waals surface area contributed by atoms with Gasteiger partial charge in [0.15, 0.2) is 12.4 Å². The van der Waals surface area contributed by atoms with Gasteiger partial charge in [-0.15, -0.1) is 0 Å². The van der Waals surface area contributed by atoms with Crippen molar-refractivity contribution in [3.05, 3.63) is 33.9 Å². The van der Waals surface area contributed by atoms with Gasteiger partial charge in [0.2, 0.25) is 0 Å². The topological polar surface area (TPSA) is 95.7 Å². The third kappa shape index (κ3) is 3.03. The number of aldehydes is 1. The number of hydrogen-bond donors (Lipinski definition) is 0. The number of nitro groups is 1. The van der Waals surface area contributed by atoms with E-state index in [-0.39, 0.29) is 17.0 Å². The molecular formula is C11H11NO6. The Morgan fingerprint density at radius 2 is 2.17 bits per heavy atom. The number of hydrogen-bond acceptors (Lipinski definition) is 6. The minimum absolute atomic E-state index is 0.0000435. The second-order valence-corrected chi connectivity index (χ2v) is 3.38. The van der Waals surface area contributed by atoms with Gasteiger partial charge in [0.05, 0.1) is 17.6 Å². The zero-order valence-electron chi connectivity index (χ0n) is 9.78. The molecule has 7 nitrogen and oxygen atoms in total. The smallest absolute Gasteiger partial charge is 0.346 e. The molecule has 1 unspecified atom stereocenters. The lowest BCUT2D eigenvalue weighted by atomic mass is 10.2. The normalized spacial score (nSPS) is 11.4. The highest BCUT2D eigenvalue weighted by Gasteiger charge is 2.18. The van der Waals surface area contributed by atoms with Crippen molar-refractivity contribution in [1.82, 2.24) is 0 Å². The average Bonchev–Trinajstić information content (AvgIpc) is 2.37. The molecule has 0 N–H and O–H groups in total. The van der Waals surface area contributed by atoms with Crippen LogP contribution in [0.25, 0.3) is 0 Å². The first-order chi connectivity index (χ1) is 8.49. The molecule has 18 heavy (non-hydrogen) atoms. The molecule has 0 saturated heterocycles. The van der Waals surface area contributed by atoms with Crippen molar-refractivity contribution >= 4 is 17.9 Å². The van der Waals surface area contributed by atoms with Crippen LogP contribution in [0.4, 0.5) is 5.69 Å². The largest absolute Gasteiger partial charge is 0.478 e. The zero-order chi connectivity index (χ0) is 13.7. The molecule has 7 heteroatoms. The molecule has 1 aromatic carbocycles. The van der Waals surface area contributed by atoms with Gasteiger partial charge in [-0.05, 0) is 13.0 Å². The first-order valence-corrected chi connectivity index (χ1v) is 4.97. The lowest BCUT2D eigenvalue weighted by Crippen LogP contribution is -2.25. The first kappa shape index (κ1) is 13.6. The molecule has 1 aromatic rings. The van der Waals surface area contributed by atoms with Crippen molar-refractivity contribution in [2.45, 2.75) is 13.0 Å². The van der Waals surface area contributed by atoms with Gasteiger partial charge in [-0.3, -0.25) is 14.9 Å². The maximum Gasteiger partial charge on any atom is 0.346 e. The van der Waals surface area contributed by atoms with Crippen LogP contribution in [0.15, 0.2) is 18.2 Å². The van der Waals surface area contributed by atoms with Crippen molar-refractivity contribution in [3.63, 3.8) is 0 Å². The minimum Gasteiger partial charge on any atom is -0.478 e. The van der Waals surface area contributed by atoms with Crippen LogP contribution < -0.4 is 4.74 Å². The summed E-state index contributed by atoms with van der Waals surface area (Å²) < 4.78 is 9.65. The molecule has 0 aliphatic carbocycles. The van der Waals surface area contributed by atoms with Gasteiger partial charge in [-0.1, -0.05) is 0 Å². The number of esters is 1. The number of ether oxygens (including phenoxy) is 2. The second-order valence-electron chi connectivity index (χ2n) is 3.38. The van der Waals surface area contributed by atoms with Crippen LogP contribution in [-0.4, -0.2) is 30.4 Å². The summed E-state index contributed by atoms with van der Waals surface area (Å²) in [5.74, 6) is -0.515. The third-order valence-electron chi connectivity index (χ3n) is 2.17. The Bertz CT molecular complexity index is 484. The van der Waals surface area contributed by atoms with Gasteiger partial charge in [0, 0.05) is 12.1 Å². The molecule has 0 spiro atoms. The van der Waals surface area contributed by atoms with Crippen LogP contribution in [0, 0.1) is 10.1 Å². The van der Waals surface area contributed by atoms with E-state index >= 15 is 0 Å². The van der Waals surface area contributed by atoms with Gasteiger partial charge in [-0.2, -0.15) is 0 Å². The van der Waals surface area contributed by atoms with Crippen molar-refractivity contribution < 1.29 is 24.0 Å². The van der Waals surface area contributed by atoms with E-state index in [4.69, 9.17) is 4.74 Å². The van der Waals surface area contributed by atoms with Gasteiger partial charge >= 0.3 is 5.97 Å². The van der Waals surface area contributed by atoms with E-state index < -0.39 is 17.0 Å². The Labute approximate surface area is 102 Å². The fourth-order valence-corrected chi connectivity index (χ4v) is 1.25. The summed E-state index contributed by atoms with van der Waals surface area (Å²) in [6, 6.07) is 3.53. The van der Waals surface area contributed by atoms with Crippen LogP contribution in [0.3, 0.4) is 0 Å². The average molecular weight is 253 g/mol.